The number of rotatable bonds is 4. The van der Waals surface area contributed by atoms with Gasteiger partial charge in [-0.15, -0.1) is 0 Å². The van der Waals surface area contributed by atoms with Crippen molar-refractivity contribution in [2.75, 3.05) is 11.9 Å². The molecule has 0 radical (unpaired) electrons. The second-order valence-corrected chi connectivity index (χ2v) is 3.55. The Morgan fingerprint density at radius 3 is 3.12 bits per heavy atom. The van der Waals surface area contributed by atoms with Crippen molar-refractivity contribution in [2.45, 2.75) is 13.3 Å². The third kappa shape index (κ3) is 3.07. The molecule has 2 rings (SSSR count). The average Bonchev–Trinajstić information content (AvgIpc) is 2.92. The fourth-order valence-electron chi connectivity index (χ4n) is 1.31. The third-order valence-electron chi connectivity index (χ3n) is 2.25. The Morgan fingerprint density at radius 2 is 2.47 bits per heavy atom. The number of carbonyl (C=O) groups excluding carboxylic acids is 1. The zero-order valence-corrected chi connectivity index (χ0v) is 9.36. The first-order valence-electron chi connectivity index (χ1n) is 5.19. The summed E-state index contributed by atoms with van der Waals surface area (Å²) in [6.45, 7) is 2.29. The molecule has 3 N–H and O–H groups in total. The molecule has 7 heteroatoms. The third-order valence-corrected chi connectivity index (χ3v) is 2.25. The fraction of sp³-hybridized carbons (Fsp3) is 0.300. The lowest BCUT2D eigenvalue weighted by atomic mass is 10.2. The topological polar surface area (TPSA) is 95.8 Å². The van der Waals surface area contributed by atoms with Crippen LogP contribution in [0.4, 0.5) is 10.5 Å². The van der Waals surface area contributed by atoms with Gasteiger partial charge in [0.05, 0.1) is 6.20 Å². The molecule has 2 aromatic rings. The number of H-pyrrole nitrogens is 1. The smallest absolute Gasteiger partial charge is 0.319 e. The molecule has 0 bridgehead atoms. The lowest BCUT2D eigenvalue weighted by molar-refractivity contribution is 0.252. The maximum absolute atomic E-state index is 11.5. The lowest BCUT2D eigenvalue weighted by Gasteiger charge is -2.04. The normalized spacial score (nSPS) is 10.2. The van der Waals surface area contributed by atoms with E-state index in [4.69, 9.17) is 4.52 Å². The first-order valence-corrected chi connectivity index (χ1v) is 5.19. The quantitative estimate of drug-likeness (QED) is 0.738. The van der Waals surface area contributed by atoms with Gasteiger partial charge in [0, 0.05) is 12.7 Å². The van der Waals surface area contributed by atoms with Crippen molar-refractivity contribution >= 4 is 11.7 Å². The van der Waals surface area contributed by atoms with E-state index >= 15 is 0 Å². The molecular weight excluding hydrogens is 222 g/mol. The number of nitrogens with one attached hydrogen (secondary N) is 3. The summed E-state index contributed by atoms with van der Waals surface area (Å²) in [6, 6.07) is -0.278. The summed E-state index contributed by atoms with van der Waals surface area (Å²) in [4.78, 5) is 11.5. The number of carbonyl (C=O) groups is 1. The molecule has 0 spiro atoms. The maximum Gasteiger partial charge on any atom is 0.319 e. The minimum absolute atomic E-state index is 0.278. The predicted octanol–water partition coefficient (Wildman–Crippen LogP) is 1.07. The molecule has 0 unspecified atom stereocenters. The lowest BCUT2D eigenvalue weighted by Crippen LogP contribution is -2.30. The van der Waals surface area contributed by atoms with Crippen LogP contribution < -0.4 is 10.6 Å². The van der Waals surface area contributed by atoms with Crippen molar-refractivity contribution < 1.29 is 9.32 Å². The second-order valence-electron chi connectivity index (χ2n) is 3.55. The van der Waals surface area contributed by atoms with E-state index in [2.05, 4.69) is 26.0 Å². The highest BCUT2D eigenvalue weighted by Crippen LogP contribution is 2.10. The molecule has 0 aromatic carbocycles. The predicted molar refractivity (Wildman–Crippen MR) is 60.6 cm³/mol. The first kappa shape index (κ1) is 11.2. The van der Waals surface area contributed by atoms with E-state index in [-0.39, 0.29) is 6.03 Å². The number of aryl methyl sites for hydroxylation is 1. The average molecular weight is 235 g/mol. The molecule has 0 saturated carbocycles. The van der Waals surface area contributed by atoms with Crippen LogP contribution in [0.25, 0.3) is 0 Å². The van der Waals surface area contributed by atoms with Crippen molar-refractivity contribution in [3.63, 3.8) is 0 Å². The van der Waals surface area contributed by atoms with Crippen LogP contribution in [0.1, 0.15) is 11.3 Å². The highest BCUT2D eigenvalue weighted by Gasteiger charge is 2.06. The van der Waals surface area contributed by atoms with Gasteiger partial charge in [-0.1, -0.05) is 5.16 Å². The van der Waals surface area contributed by atoms with Crippen LogP contribution in [0, 0.1) is 6.92 Å². The minimum atomic E-state index is -0.278. The summed E-state index contributed by atoms with van der Waals surface area (Å²) in [5, 5.41) is 15.6. The van der Waals surface area contributed by atoms with E-state index in [0.717, 1.165) is 12.0 Å². The molecule has 0 aliphatic heterocycles. The number of nitrogens with zero attached hydrogens (tertiary/aromatic N) is 2. The number of hydrogen-bond acceptors (Lipinski definition) is 4. The Bertz CT molecular complexity index is 477. The summed E-state index contributed by atoms with van der Waals surface area (Å²) in [7, 11) is 0. The largest absolute Gasteiger partial charge is 0.362 e. The monoisotopic (exact) mass is 235 g/mol. The summed E-state index contributed by atoms with van der Waals surface area (Å²) in [5.41, 5.74) is 2.27. The standard InChI is InChI=1S/C10H13N5O2/c1-7-9(6-17-15-7)14-10(16)11-3-2-8-4-12-13-5-8/h4-6H,2-3H2,1H3,(H,12,13)(H2,11,14,16). The highest BCUT2D eigenvalue weighted by molar-refractivity contribution is 5.89. The van der Waals surface area contributed by atoms with Crippen LogP contribution in [0.2, 0.25) is 0 Å². The molecule has 90 valence electrons. The number of aromatic nitrogens is 3. The molecular formula is C10H13N5O2. The molecule has 2 heterocycles. The summed E-state index contributed by atoms with van der Waals surface area (Å²) < 4.78 is 4.70. The van der Waals surface area contributed by atoms with Gasteiger partial charge < -0.3 is 15.2 Å². The molecule has 7 nitrogen and oxygen atoms in total. The Labute approximate surface area is 97.6 Å². The molecule has 0 saturated heterocycles. The van der Waals surface area contributed by atoms with Gasteiger partial charge in [0.1, 0.15) is 17.6 Å². The summed E-state index contributed by atoms with van der Waals surface area (Å²) >= 11 is 0. The summed E-state index contributed by atoms with van der Waals surface area (Å²) in [6.07, 6.45) is 5.64. The van der Waals surface area contributed by atoms with Crippen molar-refractivity contribution in [3.8, 4) is 0 Å². The Morgan fingerprint density at radius 1 is 1.59 bits per heavy atom. The molecule has 2 aromatic heterocycles. The van der Waals surface area contributed by atoms with Crippen LogP contribution in [0.15, 0.2) is 23.2 Å². The molecule has 2 amide bonds. The van der Waals surface area contributed by atoms with E-state index in [0.29, 0.717) is 17.9 Å². The van der Waals surface area contributed by atoms with Crippen LogP contribution >= 0.6 is 0 Å². The Hall–Kier alpha value is -2.31. The SMILES string of the molecule is Cc1nocc1NC(=O)NCCc1cn[nH]c1. The molecule has 0 aliphatic rings. The van der Waals surface area contributed by atoms with Gasteiger partial charge in [-0.05, 0) is 18.9 Å². The molecule has 0 atom stereocenters. The Kier molecular flexibility index (Phi) is 3.39. The van der Waals surface area contributed by atoms with Crippen LogP contribution in [0.3, 0.4) is 0 Å². The zero-order chi connectivity index (χ0) is 12.1. The van der Waals surface area contributed by atoms with E-state index in [9.17, 15) is 4.79 Å². The van der Waals surface area contributed by atoms with Crippen molar-refractivity contribution in [1.29, 1.82) is 0 Å². The van der Waals surface area contributed by atoms with Crippen LogP contribution in [0.5, 0.6) is 0 Å². The van der Waals surface area contributed by atoms with Crippen molar-refractivity contribution in [2.24, 2.45) is 0 Å². The number of anilines is 1. The molecule has 17 heavy (non-hydrogen) atoms. The van der Waals surface area contributed by atoms with Gasteiger partial charge in [-0.2, -0.15) is 5.10 Å². The van der Waals surface area contributed by atoms with Gasteiger partial charge in [0.2, 0.25) is 0 Å². The second kappa shape index (κ2) is 5.15. The number of urea groups is 1. The van der Waals surface area contributed by atoms with Gasteiger partial charge in [-0.3, -0.25) is 5.10 Å². The van der Waals surface area contributed by atoms with Gasteiger partial charge in [0.15, 0.2) is 0 Å². The molecule has 0 fully saturated rings. The van der Waals surface area contributed by atoms with Crippen LogP contribution in [-0.4, -0.2) is 27.9 Å². The van der Waals surface area contributed by atoms with Crippen molar-refractivity contribution in [1.82, 2.24) is 20.7 Å². The Balaban J connectivity index is 1.73. The minimum Gasteiger partial charge on any atom is -0.362 e. The van der Waals surface area contributed by atoms with E-state index < -0.39 is 0 Å². The zero-order valence-electron chi connectivity index (χ0n) is 9.36. The van der Waals surface area contributed by atoms with Gasteiger partial charge >= 0.3 is 6.03 Å². The fourth-order valence-corrected chi connectivity index (χ4v) is 1.31. The first-order chi connectivity index (χ1) is 8.25. The van der Waals surface area contributed by atoms with Crippen molar-refractivity contribution in [3.05, 3.63) is 29.9 Å². The van der Waals surface area contributed by atoms with Crippen LogP contribution in [-0.2, 0) is 6.42 Å². The maximum atomic E-state index is 11.5. The number of amides is 2. The van der Waals surface area contributed by atoms with E-state index in [1.807, 2.05) is 0 Å². The number of hydrogen-bond donors (Lipinski definition) is 3. The number of aromatic amines is 1. The summed E-state index contributed by atoms with van der Waals surface area (Å²) in [5.74, 6) is 0. The van der Waals surface area contributed by atoms with Gasteiger partial charge in [0.25, 0.3) is 0 Å². The van der Waals surface area contributed by atoms with E-state index in [1.54, 1.807) is 19.3 Å². The molecule has 0 aliphatic carbocycles. The highest BCUT2D eigenvalue weighted by atomic mass is 16.5. The van der Waals surface area contributed by atoms with Gasteiger partial charge in [-0.25, -0.2) is 4.79 Å². The van der Waals surface area contributed by atoms with E-state index in [1.165, 1.54) is 6.26 Å².